The monoisotopic (exact) mass is 359 g/mol. The first-order valence-corrected chi connectivity index (χ1v) is 9.31. The van der Waals surface area contributed by atoms with Crippen molar-refractivity contribution >= 4 is 17.7 Å². The Balaban J connectivity index is 1.46. The molecule has 25 heavy (non-hydrogen) atoms. The summed E-state index contributed by atoms with van der Waals surface area (Å²) in [6, 6.07) is 11.9. The summed E-state index contributed by atoms with van der Waals surface area (Å²) >= 11 is 1.84. The fourth-order valence-corrected chi connectivity index (χ4v) is 4.38. The van der Waals surface area contributed by atoms with E-state index in [2.05, 4.69) is 6.07 Å². The number of carbonyl (C=O) groups excluding carboxylic acids is 1. The van der Waals surface area contributed by atoms with E-state index in [4.69, 9.17) is 9.47 Å². The van der Waals surface area contributed by atoms with Crippen LogP contribution in [0.1, 0.15) is 27.6 Å². The molecule has 4 rings (SSSR count). The van der Waals surface area contributed by atoms with Crippen molar-refractivity contribution in [2.75, 3.05) is 25.6 Å². The van der Waals surface area contributed by atoms with E-state index in [1.54, 1.807) is 12.1 Å². The van der Waals surface area contributed by atoms with Crippen LogP contribution in [0.15, 0.2) is 42.5 Å². The maximum atomic E-state index is 13.4. The SMILES string of the molecule is O=C(c1cccc(F)c1)N1CCSC(c2ccc3c(c2)OCO3)CC1. The van der Waals surface area contributed by atoms with Crippen LogP contribution in [0.2, 0.25) is 0 Å². The maximum Gasteiger partial charge on any atom is 0.253 e. The minimum Gasteiger partial charge on any atom is -0.454 e. The Morgan fingerprint density at radius 1 is 1.12 bits per heavy atom. The van der Waals surface area contributed by atoms with Gasteiger partial charge in [0, 0.05) is 29.7 Å². The zero-order valence-electron chi connectivity index (χ0n) is 13.6. The van der Waals surface area contributed by atoms with E-state index in [1.165, 1.54) is 17.7 Å². The molecule has 2 aliphatic rings. The van der Waals surface area contributed by atoms with Crippen LogP contribution in [0.3, 0.4) is 0 Å². The number of ether oxygens (including phenoxy) is 2. The van der Waals surface area contributed by atoms with Gasteiger partial charge in [-0.3, -0.25) is 4.79 Å². The van der Waals surface area contributed by atoms with Crippen molar-refractivity contribution in [3.05, 3.63) is 59.4 Å². The zero-order chi connectivity index (χ0) is 17.2. The third-order valence-corrected chi connectivity index (χ3v) is 5.80. The molecule has 1 unspecified atom stereocenters. The van der Waals surface area contributed by atoms with Crippen LogP contribution in [-0.4, -0.2) is 36.4 Å². The summed E-state index contributed by atoms with van der Waals surface area (Å²) in [7, 11) is 0. The molecular formula is C19H18FNO3S. The fourth-order valence-electron chi connectivity index (χ4n) is 3.16. The Hall–Kier alpha value is -2.21. The smallest absolute Gasteiger partial charge is 0.253 e. The minimum atomic E-state index is -0.381. The van der Waals surface area contributed by atoms with Crippen molar-refractivity contribution in [2.45, 2.75) is 11.7 Å². The van der Waals surface area contributed by atoms with E-state index in [1.807, 2.05) is 28.8 Å². The van der Waals surface area contributed by atoms with Crippen LogP contribution < -0.4 is 9.47 Å². The number of thioether (sulfide) groups is 1. The fraction of sp³-hybridized carbons (Fsp3) is 0.316. The van der Waals surface area contributed by atoms with E-state index in [-0.39, 0.29) is 18.5 Å². The van der Waals surface area contributed by atoms with E-state index in [0.717, 1.165) is 23.7 Å². The first-order chi connectivity index (χ1) is 12.2. The van der Waals surface area contributed by atoms with E-state index in [9.17, 15) is 9.18 Å². The predicted octanol–water partition coefficient (Wildman–Crippen LogP) is 3.87. The first kappa shape index (κ1) is 16.3. The van der Waals surface area contributed by atoms with Crippen LogP contribution in [0.25, 0.3) is 0 Å². The highest BCUT2D eigenvalue weighted by Gasteiger charge is 2.24. The molecule has 1 amide bonds. The van der Waals surface area contributed by atoms with Gasteiger partial charge in [0.2, 0.25) is 6.79 Å². The van der Waals surface area contributed by atoms with Gasteiger partial charge >= 0.3 is 0 Å². The summed E-state index contributed by atoms with van der Waals surface area (Å²) in [6.45, 7) is 1.59. The number of nitrogens with zero attached hydrogens (tertiary/aromatic N) is 1. The Bertz CT molecular complexity index is 798. The Morgan fingerprint density at radius 3 is 2.88 bits per heavy atom. The quantitative estimate of drug-likeness (QED) is 0.816. The lowest BCUT2D eigenvalue weighted by atomic mass is 10.1. The van der Waals surface area contributed by atoms with Crippen LogP contribution >= 0.6 is 11.8 Å². The highest BCUT2D eigenvalue weighted by Crippen LogP contribution is 2.40. The number of hydrogen-bond donors (Lipinski definition) is 0. The van der Waals surface area contributed by atoms with E-state index in [0.29, 0.717) is 23.9 Å². The highest BCUT2D eigenvalue weighted by atomic mass is 32.2. The molecule has 2 heterocycles. The second kappa shape index (κ2) is 6.96. The molecular weight excluding hydrogens is 341 g/mol. The van der Waals surface area contributed by atoms with Crippen molar-refractivity contribution in [3.63, 3.8) is 0 Å². The van der Waals surface area contributed by atoms with Gasteiger partial charge in [0.1, 0.15) is 5.82 Å². The molecule has 0 bridgehead atoms. The van der Waals surface area contributed by atoms with Gasteiger partial charge in [-0.2, -0.15) is 11.8 Å². The van der Waals surface area contributed by atoms with Crippen LogP contribution in [0.5, 0.6) is 11.5 Å². The van der Waals surface area contributed by atoms with Gasteiger partial charge in [0.05, 0.1) is 0 Å². The van der Waals surface area contributed by atoms with Gasteiger partial charge in [-0.15, -0.1) is 0 Å². The van der Waals surface area contributed by atoms with Crippen LogP contribution in [0, 0.1) is 5.82 Å². The summed E-state index contributed by atoms with van der Waals surface area (Å²) in [5.41, 5.74) is 1.60. The molecule has 0 aliphatic carbocycles. The van der Waals surface area contributed by atoms with Gasteiger partial charge in [-0.05, 0) is 42.3 Å². The van der Waals surface area contributed by atoms with Crippen molar-refractivity contribution in [1.82, 2.24) is 4.90 Å². The first-order valence-electron chi connectivity index (χ1n) is 8.27. The average Bonchev–Trinajstić information content (AvgIpc) is 2.96. The van der Waals surface area contributed by atoms with Crippen molar-refractivity contribution in [3.8, 4) is 11.5 Å². The Morgan fingerprint density at radius 2 is 2.00 bits per heavy atom. The molecule has 6 heteroatoms. The van der Waals surface area contributed by atoms with Crippen LogP contribution in [-0.2, 0) is 0 Å². The van der Waals surface area contributed by atoms with E-state index < -0.39 is 0 Å². The van der Waals surface area contributed by atoms with Crippen molar-refractivity contribution in [2.24, 2.45) is 0 Å². The minimum absolute atomic E-state index is 0.105. The van der Waals surface area contributed by atoms with Crippen molar-refractivity contribution < 1.29 is 18.7 Å². The number of hydrogen-bond acceptors (Lipinski definition) is 4. The number of rotatable bonds is 2. The standard InChI is InChI=1S/C19H18FNO3S/c20-15-3-1-2-14(10-15)19(22)21-7-6-18(25-9-8-21)13-4-5-16-17(11-13)24-12-23-16/h1-5,10-11,18H,6-9,12H2. The summed E-state index contributed by atoms with van der Waals surface area (Å²) in [5.74, 6) is 1.93. The molecule has 2 aliphatic heterocycles. The second-order valence-electron chi connectivity index (χ2n) is 6.06. The lowest BCUT2D eigenvalue weighted by Gasteiger charge is -2.20. The topological polar surface area (TPSA) is 38.8 Å². The molecule has 1 saturated heterocycles. The van der Waals surface area contributed by atoms with Gasteiger partial charge in [-0.25, -0.2) is 4.39 Å². The third kappa shape index (κ3) is 3.44. The second-order valence-corrected chi connectivity index (χ2v) is 7.37. The molecule has 0 spiro atoms. The molecule has 0 aromatic heterocycles. The third-order valence-electron chi connectivity index (χ3n) is 4.47. The van der Waals surface area contributed by atoms with Crippen LogP contribution in [0.4, 0.5) is 4.39 Å². The molecule has 0 saturated carbocycles. The van der Waals surface area contributed by atoms with Gasteiger partial charge in [0.15, 0.2) is 11.5 Å². The summed E-state index contributed by atoms with van der Waals surface area (Å²) in [4.78, 5) is 14.4. The van der Waals surface area contributed by atoms with Gasteiger partial charge < -0.3 is 14.4 Å². The number of fused-ring (bicyclic) bond motifs is 1. The molecule has 2 aromatic carbocycles. The molecule has 0 N–H and O–H groups in total. The molecule has 1 fully saturated rings. The summed E-state index contributed by atoms with van der Waals surface area (Å²) < 4.78 is 24.2. The number of benzene rings is 2. The number of halogens is 1. The molecule has 130 valence electrons. The predicted molar refractivity (Wildman–Crippen MR) is 94.7 cm³/mol. The van der Waals surface area contributed by atoms with Gasteiger partial charge in [0.25, 0.3) is 5.91 Å². The zero-order valence-corrected chi connectivity index (χ0v) is 14.4. The lowest BCUT2D eigenvalue weighted by Crippen LogP contribution is -2.33. The average molecular weight is 359 g/mol. The summed E-state index contributed by atoms with van der Waals surface area (Å²) in [5, 5.41) is 0.305. The maximum absolute atomic E-state index is 13.4. The molecule has 4 nitrogen and oxygen atoms in total. The Labute approximate surface area is 149 Å². The molecule has 2 aromatic rings. The van der Waals surface area contributed by atoms with E-state index >= 15 is 0 Å². The normalized spacial score (nSPS) is 19.6. The highest BCUT2D eigenvalue weighted by molar-refractivity contribution is 7.99. The Kier molecular flexibility index (Phi) is 4.53. The van der Waals surface area contributed by atoms with Crippen molar-refractivity contribution in [1.29, 1.82) is 0 Å². The number of amides is 1. The molecule has 1 atom stereocenters. The lowest BCUT2D eigenvalue weighted by molar-refractivity contribution is 0.0766. The number of carbonyl (C=O) groups is 1. The largest absolute Gasteiger partial charge is 0.454 e. The summed E-state index contributed by atoms with van der Waals surface area (Å²) in [6.07, 6.45) is 0.853. The molecule has 0 radical (unpaired) electrons. The van der Waals surface area contributed by atoms with Gasteiger partial charge in [-0.1, -0.05) is 12.1 Å².